The minimum Gasteiger partial charge on any atom is -0.468 e. The van der Waals surface area contributed by atoms with Crippen molar-refractivity contribution in [2.45, 2.75) is 77.7 Å². The van der Waals surface area contributed by atoms with Crippen molar-refractivity contribution in [3.63, 3.8) is 0 Å². The van der Waals surface area contributed by atoms with Crippen LogP contribution < -0.4 is 0 Å². The third-order valence-corrected chi connectivity index (χ3v) is 4.31. The molecule has 0 aliphatic carbocycles. The third-order valence-electron chi connectivity index (χ3n) is 4.31. The van der Waals surface area contributed by atoms with Crippen molar-refractivity contribution in [3.05, 3.63) is 25.3 Å². The standard InChI is InChI=1S/C20H34O4/c1-6-10-12-14-17(8-3)24-18(21)16-20(9-4,19(22)23-5)15-13-11-7-2/h8-9,17H,3-4,6-7,10-16H2,1-2,5H3. The van der Waals surface area contributed by atoms with E-state index >= 15 is 0 Å². The van der Waals surface area contributed by atoms with Crippen molar-refractivity contribution in [2.24, 2.45) is 5.41 Å². The van der Waals surface area contributed by atoms with Crippen molar-refractivity contribution >= 4 is 11.9 Å². The van der Waals surface area contributed by atoms with E-state index in [-0.39, 0.29) is 12.5 Å². The molecule has 2 unspecified atom stereocenters. The lowest BCUT2D eigenvalue weighted by Crippen LogP contribution is -2.34. The van der Waals surface area contributed by atoms with Gasteiger partial charge in [0.25, 0.3) is 0 Å². The average molecular weight is 338 g/mol. The Hall–Kier alpha value is -1.58. The van der Waals surface area contributed by atoms with Crippen LogP contribution >= 0.6 is 0 Å². The van der Waals surface area contributed by atoms with Gasteiger partial charge in [0.1, 0.15) is 6.10 Å². The Morgan fingerprint density at radius 2 is 1.71 bits per heavy atom. The van der Waals surface area contributed by atoms with Crippen LogP contribution in [-0.4, -0.2) is 25.2 Å². The van der Waals surface area contributed by atoms with Gasteiger partial charge in [0.15, 0.2) is 0 Å². The Labute approximate surface area is 147 Å². The van der Waals surface area contributed by atoms with E-state index in [4.69, 9.17) is 9.47 Å². The van der Waals surface area contributed by atoms with Crippen LogP contribution in [0.15, 0.2) is 25.3 Å². The minimum absolute atomic E-state index is 0.0367. The molecule has 4 nitrogen and oxygen atoms in total. The van der Waals surface area contributed by atoms with Crippen LogP contribution in [0.3, 0.4) is 0 Å². The molecule has 0 aromatic carbocycles. The van der Waals surface area contributed by atoms with E-state index in [2.05, 4.69) is 27.0 Å². The number of unbranched alkanes of at least 4 members (excludes halogenated alkanes) is 4. The fraction of sp³-hybridized carbons (Fsp3) is 0.700. The van der Waals surface area contributed by atoms with Gasteiger partial charge in [-0.05, 0) is 19.3 Å². The summed E-state index contributed by atoms with van der Waals surface area (Å²) in [5.74, 6) is -0.829. The van der Waals surface area contributed by atoms with Gasteiger partial charge in [-0.3, -0.25) is 9.59 Å². The molecule has 0 heterocycles. The maximum Gasteiger partial charge on any atom is 0.316 e. The molecular formula is C20H34O4. The second-order valence-corrected chi connectivity index (χ2v) is 6.25. The van der Waals surface area contributed by atoms with Gasteiger partial charge < -0.3 is 9.47 Å². The SMILES string of the molecule is C=CC(CCCCC)OC(=O)CC(C=C)(CCCCC)C(=O)OC. The molecule has 4 heteroatoms. The van der Waals surface area contributed by atoms with E-state index in [9.17, 15) is 9.59 Å². The van der Waals surface area contributed by atoms with Gasteiger partial charge in [0, 0.05) is 0 Å². The van der Waals surface area contributed by atoms with Crippen LogP contribution in [0.2, 0.25) is 0 Å². The molecule has 2 atom stereocenters. The van der Waals surface area contributed by atoms with Crippen LogP contribution in [0.4, 0.5) is 0 Å². The van der Waals surface area contributed by atoms with Crippen molar-refractivity contribution < 1.29 is 19.1 Å². The predicted octanol–water partition coefficient (Wildman–Crippen LogP) is 4.98. The molecule has 0 aromatic heterocycles. The molecule has 24 heavy (non-hydrogen) atoms. The van der Waals surface area contributed by atoms with Gasteiger partial charge in [-0.1, -0.05) is 64.7 Å². The highest BCUT2D eigenvalue weighted by atomic mass is 16.5. The first-order valence-electron chi connectivity index (χ1n) is 9.03. The highest BCUT2D eigenvalue weighted by Crippen LogP contribution is 2.33. The topological polar surface area (TPSA) is 52.6 Å². The average Bonchev–Trinajstić information content (AvgIpc) is 2.59. The molecule has 0 saturated carbocycles. The second kappa shape index (κ2) is 12.8. The van der Waals surface area contributed by atoms with E-state index in [0.29, 0.717) is 6.42 Å². The predicted molar refractivity (Wildman–Crippen MR) is 97.6 cm³/mol. The van der Waals surface area contributed by atoms with Gasteiger partial charge in [0.05, 0.1) is 18.9 Å². The molecule has 0 N–H and O–H groups in total. The lowest BCUT2D eigenvalue weighted by Gasteiger charge is -2.27. The van der Waals surface area contributed by atoms with Gasteiger partial charge in [-0.25, -0.2) is 0 Å². The number of hydrogen-bond donors (Lipinski definition) is 0. The molecule has 0 bridgehead atoms. The summed E-state index contributed by atoms with van der Waals surface area (Å²) >= 11 is 0. The first-order valence-corrected chi connectivity index (χ1v) is 9.03. The van der Waals surface area contributed by atoms with Crippen LogP contribution in [0, 0.1) is 5.41 Å². The monoisotopic (exact) mass is 338 g/mol. The largest absolute Gasteiger partial charge is 0.468 e. The zero-order valence-electron chi connectivity index (χ0n) is 15.6. The number of esters is 2. The van der Waals surface area contributed by atoms with Crippen molar-refractivity contribution in [1.29, 1.82) is 0 Å². The van der Waals surface area contributed by atoms with Crippen molar-refractivity contribution in [2.75, 3.05) is 7.11 Å². The van der Waals surface area contributed by atoms with E-state index in [1.807, 2.05) is 0 Å². The third kappa shape index (κ3) is 7.80. The zero-order chi connectivity index (χ0) is 18.4. The maximum atomic E-state index is 12.3. The van der Waals surface area contributed by atoms with Crippen LogP contribution in [0.25, 0.3) is 0 Å². The van der Waals surface area contributed by atoms with Crippen LogP contribution in [0.5, 0.6) is 0 Å². The summed E-state index contributed by atoms with van der Waals surface area (Å²) < 4.78 is 10.4. The molecule has 0 aliphatic heterocycles. The molecule has 0 fully saturated rings. The van der Waals surface area contributed by atoms with E-state index in [1.54, 1.807) is 6.08 Å². The van der Waals surface area contributed by atoms with Crippen molar-refractivity contribution in [3.8, 4) is 0 Å². The molecule has 0 spiro atoms. The Morgan fingerprint density at radius 1 is 1.08 bits per heavy atom. The molecule has 138 valence electrons. The highest BCUT2D eigenvalue weighted by Gasteiger charge is 2.39. The normalized spacial score (nSPS) is 14.3. The molecule has 0 rings (SSSR count). The van der Waals surface area contributed by atoms with E-state index < -0.39 is 17.4 Å². The Bertz CT molecular complexity index is 402. The summed E-state index contributed by atoms with van der Waals surface area (Å²) in [6, 6.07) is 0. The summed E-state index contributed by atoms with van der Waals surface area (Å²) in [5.41, 5.74) is -1.00. The fourth-order valence-corrected chi connectivity index (χ4v) is 2.70. The number of ether oxygens (including phenoxy) is 2. The van der Waals surface area contributed by atoms with Gasteiger partial charge in [-0.15, -0.1) is 6.58 Å². The van der Waals surface area contributed by atoms with Crippen LogP contribution in [-0.2, 0) is 19.1 Å². The highest BCUT2D eigenvalue weighted by molar-refractivity contribution is 5.85. The molecule has 0 aliphatic rings. The molecule has 0 saturated heterocycles. The number of carbonyl (C=O) groups excluding carboxylic acids is 2. The van der Waals surface area contributed by atoms with Gasteiger partial charge in [-0.2, -0.15) is 0 Å². The second-order valence-electron chi connectivity index (χ2n) is 6.25. The number of carbonyl (C=O) groups is 2. The van der Waals surface area contributed by atoms with Gasteiger partial charge in [0.2, 0.25) is 0 Å². The molecule has 0 radical (unpaired) electrons. The smallest absolute Gasteiger partial charge is 0.316 e. The summed E-state index contributed by atoms with van der Waals surface area (Å²) in [6.07, 6.45) is 10.2. The Balaban J connectivity index is 4.85. The lowest BCUT2D eigenvalue weighted by molar-refractivity contribution is -0.159. The lowest BCUT2D eigenvalue weighted by atomic mass is 9.79. The molecule has 0 aromatic rings. The fourth-order valence-electron chi connectivity index (χ4n) is 2.70. The first kappa shape index (κ1) is 22.4. The summed E-state index contributed by atoms with van der Waals surface area (Å²) in [4.78, 5) is 24.6. The Kier molecular flexibility index (Phi) is 12.0. The van der Waals surface area contributed by atoms with E-state index in [1.165, 1.54) is 13.2 Å². The number of rotatable bonds is 14. The maximum absolute atomic E-state index is 12.3. The minimum atomic E-state index is -1.00. The molecule has 0 amide bonds. The zero-order valence-corrected chi connectivity index (χ0v) is 15.6. The number of methoxy groups -OCH3 is 1. The quantitative estimate of drug-likeness (QED) is 0.255. The van der Waals surface area contributed by atoms with Gasteiger partial charge >= 0.3 is 11.9 Å². The molecular weight excluding hydrogens is 304 g/mol. The van der Waals surface area contributed by atoms with E-state index in [0.717, 1.165) is 44.9 Å². The summed E-state index contributed by atoms with van der Waals surface area (Å²) in [7, 11) is 1.34. The number of hydrogen-bond acceptors (Lipinski definition) is 4. The summed E-state index contributed by atoms with van der Waals surface area (Å²) in [5, 5.41) is 0. The Morgan fingerprint density at radius 3 is 2.21 bits per heavy atom. The summed E-state index contributed by atoms with van der Waals surface area (Å²) in [6.45, 7) is 11.7. The first-order chi connectivity index (χ1) is 11.5. The van der Waals surface area contributed by atoms with Crippen LogP contribution in [0.1, 0.15) is 71.6 Å². The van der Waals surface area contributed by atoms with Crippen molar-refractivity contribution in [1.82, 2.24) is 0 Å².